The predicted molar refractivity (Wildman–Crippen MR) is 63.2 cm³/mol. The lowest BCUT2D eigenvalue weighted by Gasteiger charge is -2.14. The van der Waals surface area contributed by atoms with Crippen LogP contribution in [0.5, 0.6) is 0 Å². The zero-order valence-electron chi connectivity index (χ0n) is 8.58. The first-order valence-electron chi connectivity index (χ1n) is 5.32. The maximum absolute atomic E-state index is 3.75. The number of benzene rings is 1. The van der Waals surface area contributed by atoms with Gasteiger partial charge in [0, 0.05) is 7.97 Å². The molecule has 1 aliphatic heterocycles. The van der Waals surface area contributed by atoms with Crippen LogP contribution in [0.1, 0.15) is 25.4 Å². The van der Waals surface area contributed by atoms with E-state index in [9.17, 15) is 0 Å². The molecule has 0 amide bonds. The summed E-state index contributed by atoms with van der Waals surface area (Å²) in [5.74, 6) is 0. The standard InChI is InChI=1S/C13H17N.H2/c1-2-12-5-7-13(8-6-12)11-14-9-3-4-10-14;/h2,5-8H,1,3-4,9-11H2;1H. The molecule has 0 radical (unpaired) electrons. The maximum atomic E-state index is 3.75. The predicted octanol–water partition coefficient (Wildman–Crippen LogP) is 3.17. The minimum absolute atomic E-state index is 0. The van der Waals surface area contributed by atoms with E-state index in [2.05, 4.69) is 35.7 Å². The summed E-state index contributed by atoms with van der Waals surface area (Å²) in [6, 6.07) is 8.68. The van der Waals surface area contributed by atoms with Crippen LogP contribution in [0.2, 0.25) is 0 Å². The third-order valence-corrected chi connectivity index (χ3v) is 2.82. The van der Waals surface area contributed by atoms with Crippen LogP contribution in [0, 0.1) is 0 Å². The second kappa shape index (κ2) is 4.43. The number of likely N-dealkylation sites (tertiary alicyclic amines) is 1. The number of nitrogens with zero attached hydrogens (tertiary/aromatic N) is 1. The van der Waals surface area contributed by atoms with Gasteiger partial charge in [0.25, 0.3) is 0 Å². The summed E-state index contributed by atoms with van der Waals surface area (Å²) in [6.07, 6.45) is 4.62. The van der Waals surface area contributed by atoms with E-state index >= 15 is 0 Å². The molecular formula is C13H19N. The van der Waals surface area contributed by atoms with Crippen LogP contribution in [-0.2, 0) is 6.54 Å². The van der Waals surface area contributed by atoms with Crippen LogP contribution >= 0.6 is 0 Å². The van der Waals surface area contributed by atoms with Crippen molar-refractivity contribution in [2.75, 3.05) is 13.1 Å². The number of hydrogen-bond acceptors (Lipinski definition) is 1. The molecule has 1 saturated heterocycles. The first-order chi connectivity index (χ1) is 6.88. The molecule has 1 aromatic rings. The summed E-state index contributed by atoms with van der Waals surface area (Å²) in [6.45, 7) is 7.40. The van der Waals surface area contributed by atoms with Gasteiger partial charge in [0.2, 0.25) is 0 Å². The number of rotatable bonds is 3. The van der Waals surface area contributed by atoms with Crippen LogP contribution in [0.25, 0.3) is 6.08 Å². The van der Waals surface area contributed by atoms with Crippen molar-refractivity contribution in [2.45, 2.75) is 19.4 Å². The van der Waals surface area contributed by atoms with Crippen LogP contribution in [0.3, 0.4) is 0 Å². The highest BCUT2D eigenvalue weighted by Gasteiger charge is 2.10. The molecule has 0 N–H and O–H groups in total. The minimum atomic E-state index is 0. The Hall–Kier alpha value is -1.08. The van der Waals surface area contributed by atoms with Gasteiger partial charge in [0.15, 0.2) is 0 Å². The highest BCUT2D eigenvalue weighted by Crippen LogP contribution is 2.13. The molecule has 1 fully saturated rings. The second-order valence-electron chi connectivity index (χ2n) is 3.93. The van der Waals surface area contributed by atoms with Crippen molar-refractivity contribution in [3.8, 4) is 0 Å². The van der Waals surface area contributed by atoms with Crippen molar-refractivity contribution in [1.29, 1.82) is 0 Å². The average molecular weight is 189 g/mol. The molecule has 0 aromatic heterocycles. The molecule has 1 heteroatoms. The van der Waals surface area contributed by atoms with Gasteiger partial charge in [-0.05, 0) is 37.1 Å². The normalized spacial score (nSPS) is 17.1. The van der Waals surface area contributed by atoms with Gasteiger partial charge in [0.05, 0.1) is 0 Å². The van der Waals surface area contributed by atoms with Gasteiger partial charge < -0.3 is 0 Å². The number of hydrogen-bond donors (Lipinski definition) is 0. The summed E-state index contributed by atoms with van der Waals surface area (Å²) < 4.78 is 0. The summed E-state index contributed by atoms with van der Waals surface area (Å²) in [7, 11) is 0. The Bertz CT molecular complexity index is 299. The zero-order chi connectivity index (χ0) is 9.80. The van der Waals surface area contributed by atoms with E-state index in [0.717, 1.165) is 6.54 Å². The van der Waals surface area contributed by atoms with Gasteiger partial charge in [0.1, 0.15) is 0 Å². The van der Waals surface area contributed by atoms with Crippen LogP contribution in [0.4, 0.5) is 0 Å². The van der Waals surface area contributed by atoms with Crippen molar-refractivity contribution in [2.24, 2.45) is 0 Å². The summed E-state index contributed by atoms with van der Waals surface area (Å²) in [4.78, 5) is 2.52. The molecule has 0 saturated carbocycles. The minimum Gasteiger partial charge on any atom is -0.299 e. The van der Waals surface area contributed by atoms with Gasteiger partial charge in [-0.15, -0.1) is 0 Å². The largest absolute Gasteiger partial charge is 0.299 e. The molecule has 0 spiro atoms. The van der Waals surface area contributed by atoms with Crippen molar-refractivity contribution in [3.63, 3.8) is 0 Å². The quantitative estimate of drug-likeness (QED) is 0.706. The summed E-state index contributed by atoms with van der Waals surface area (Å²) in [5.41, 5.74) is 2.62. The Morgan fingerprint density at radius 2 is 1.86 bits per heavy atom. The van der Waals surface area contributed by atoms with Crippen LogP contribution in [-0.4, -0.2) is 18.0 Å². The van der Waals surface area contributed by atoms with Gasteiger partial charge in [-0.25, -0.2) is 0 Å². The third-order valence-electron chi connectivity index (χ3n) is 2.82. The summed E-state index contributed by atoms with van der Waals surface area (Å²) >= 11 is 0. The van der Waals surface area contributed by atoms with E-state index in [4.69, 9.17) is 0 Å². The molecule has 1 aromatic carbocycles. The van der Waals surface area contributed by atoms with Gasteiger partial charge >= 0.3 is 0 Å². The molecule has 0 aliphatic carbocycles. The highest BCUT2D eigenvalue weighted by molar-refractivity contribution is 5.47. The molecule has 14 heavy (non-hydrogen) atoms. The van der Waals surface area contributed by atoms with Crippen molar-refractivity contribution in [3.05, 3.63) is 42.0 Å². The van der Waals surface area contributed by atoms with E-state index in [1.807, 2.05) is 6.08 Å². The molecule has 76 valence electrons. The fourth-order valence-electron chi connectivity index (χ4n) is 1.96. The van der Waals surface area contributed by atoms with Crippen molar-refractivity contribution in [1.82, 2.24) is 4.90 Å². The van der Waals surface area contributed by atoms with Crippen LogP contribution in [0.15, 0.2) is 30.8 Å². The Morgan fingerprint density at radius 1 is 1.21 bits per heavy atom. The van der Waals surface area contributed by atoms with E-state index in [-0.39, 0.29) is 1.43 Å². The van der Waals surface area contributed by atoms with Gasteiger partial charge in [-0.3, -0.25) is 4.90 Å². The highest BCUT2D eigenvalue weighted by atomic mass is 15.1. The zero-order valence-corrected chi connectivity index (χ0v) is 8.58. The SMILES string of the molecule is C=Cc1ccc(CN2CCCC2)cc1.[HH]. The lowest BCUT2D eigenvalue weighted by atomic mass is 10.1. The van der Waals surface area contributed by atoms with E-state index in [1.165, 1.54) is 37.1 Å². The molecular weight excluding hydrogens is 170 g/mol. The Morgan fingerprint density at radius 3 is 2.43 bits per heavy atom. The monoisotopic (exact) mass is 189 g/mol. The van der Waals surface area contributed by atoms with E-state index < -0.39 is 0 Å². The first-order valence-corrected chi connectivity index (χ1v) is 5.32. The first kappa shape index (κ1) is 9.47. The Labute approximate surface area is 87.5 Å². The molecule has 0 unspecified atom stereocenters. The van der Waals surface area contributed by atoms with Crippen molar-refractivity contribution < 1.29 is 1.43 Å². The fourth-order valence-corrected chi connectivity index (χ4v) is 1.96. The van der Waals surface area contributed by atoms with Crippen molar-refractivity contribution >= 4 is 6.08 Å². The smallest absolute Gasteiger partial charge is 0.0233 e. The van der Waals surface area contributed by atoms with E-state index in [1.54, 1.807) is 0 Å². The van der Waals surface area contributed by atoms with Gasteiger partial charge in [-0.1, -0.05) is 36.9 Å². The molecule has 1 nitrogen and oxygen atoms in total. The van der Waals surface area contributed by atoms with Crippen LogP contribution < -0.4 is 0 Å². The second-order valence-corrected chi connectivity index (χ2v) is 3.93. The molecule has 2 rings (SSSR count). The van der Waals surface area contributed by atoms with E-state index in [0.29, 0.717) is 0 Å². The summed E-state index contributed by atoms with van der Waals surface area (Å²) in [5, 5.41) is 0. The fraction of sp³-hybridized carbons (Fsp3) is 0.385. The lowest BCUT2D eigenvalue weighted by Crippen LogP contribution is -2.18. The van der Waals surface area contributed by atoms with Gasteiger partial charge in [-0.2, -0.15) is 0 Å². The molecule has 1 aliphatic rings. The maximum Gasteiger partial charge on any atom is 0.0233 e. The Kier molecular flexibility index (Phi) is 3.00. The Balaban J connectivity index is 0.00000112. The topological polar surface area (TPSA) is 3.24 Å². The average Bonchev–Trinajstić information content (AvgIpc) is 2.72. The lowest BCUT2D eigenvalue weighted by molar-refractivity contribution is 0.331. The third kappa shape index (κ3) is 2.24. The molecule has 0 atom stereocenters. The molecule has 0 bridgehead atoms. The molecule has 1 heterocycles.